The van der Waals surface area contributed by atoms with Crippen molar-refractivity contribution in [1.82, 2.24) is 10.0 Å². The Hall–Kier alpha value is -1.93. The maximum Gasteiger partial charge on any atom is 0.227 e. The van der Waals surface area contributed by atoms with Crippen LogP contribution in [-0.2, 0) is 19.6 Å². The lowest BCUT2D eigenvalue weighted by Gasteiger charge is -2.16. The maximum atomic E-state index is 12.0. The molecule has 0 aromatic heterocycles. The summed E-state index contributed by atoms with van der Waals surface area (Å²) >= 11 is 0. The highest BCUT2D eigenvalue weighted by atomic mass is 32.2. The molecule has 1 aliphatic rings. The Morgan fingerprint density at radius 1 is 1.32 bits per heavy atom. The van der Waals surface area contributed by atoms with Crippen molar-refractivity contribution in [2.45, 2.75) is 6.42 Å². The Balaban J connectivity index is 1.89. The van der Waals surface area contributed by atoms with Crippen molar-refractivity contribution in [3.8, 4) is 0 Å². The minimum Gasteiger partial charge on any atom is -0.355 e. The van der Waals surface area contributed by atoms with Gasteiger partial charge in [-0.15, -0.1) is 0 Å². The molecule has 2 N–H and O–H groups in total. The van der Waals surface area contributed by atoms with Crippen LogP contribution in [0.15, 0.2) is 30.3 Å². The van der Waals surface area contributed by atoms with Gasteiger partial charge in [0.15, 0.2) is 0 Å². The lowest BCUT2D eigenvalue weighted by atomic mass is 10.1. The Bertz CT molecular complexity index is 645. The number of nitrogens with zero attached hydrogens (tertiary/aromatic N) is 1. The molecule has 1 aromatic rings. The highest BCUT2D eigenvalue weighted by Crippen LogP contribution is 2.24. The van der Waals surface area contributed by atoms with Crippen molar-refractivity contribution >= 4 is 27.5 Å². The fraction of sp³-hybridized carbons (Fsp3) is 0.429. The van der Waals surface area contributed by atoms with Gasteiger partial charge in [0.25, 0.3) is 0 Å². The molecule has 8 heteroatoms. The van der Waals surface area contributed by atoms with E-state index in [1.54, 1.807) is 4.90 Å². The van der Waals surface area contributed by atoms with Gasteiger partial charge in [-0.1, -0.05) is 18.2 Å². The quantitative estimate of drug-likeness (QED) is 0.751. The van der Waals surface area contributed by atoms with Crippen LogP contribution in [0.25, 0.3) is 0 Å². The number of amides is 2. The van der Waals surface area contributed by atoms with Crippen LogP contribution in [0.4, 0.5) is 5.69 Å². The number of carbonyl (C=O) groups excluding carboxylic acids is 2. The zero-order chi connectivity index (χ0) is 16.2. The van der Waals surface area contributed by atoms with E-state index < -0.39 is 15.9 Å². The molecule has 22 heavy (non-hydrogen) atoms. The molecule has 2 rings (SSSR count). The van der Waals surface area contributed by atoms with Crippen molar-refractivity contribution in [3.05, 3.63) is 30.3 Å². The van der Waals surface area contributed by atoms with E-state index in [2.05, 4.69) is 10.0 Å². The third-order valence-corrected chi connectivity index (χ3v) is 4.91. The molecule has 0 spiro atoms. The lowest BCUT2D eigenvalue weighted by Crippen LogP contribution is -2.37. The molecular formula is C14H19N3O4S. The van der Waals surface area contributed by atoms with E-state index in [-0.39, 0.29) is 30.5 Å². The number of para-hydroxylation sites is 1. The highest BCUT2D eigenvalue weighted by Gasteiger charge is 2.34. The fourth-order valence-electron chi connectivity index (χ4n) is 2.30. The molecule has 0 radical (unpaired) electrons. The molecule has 1 unspecified atom stereocenters. The van der Waals surface area contributed by atoms with Gasteiger partial charge in [0.05, 0.1) is 11.7 Å². The topological polar surface area (TPSA) is 95.6 Å². The van der Waals surface area contributed by atoms with Crippen LogP contribution in [0.5, 0.6) is 0 Å². The molecule has 2 amide bonds. The number of hydrogen-bond donors (Lipinski definition) is 2. The molecule has 1 saturated heterocycles. The number of anilines is 1. The molecule has 1 aromatic carbocycles. The van der Waals surface area contributed by atoms with E-state index in [1.165, 1.54) is 7.05 Å². The smallest absolute Gasteiger partial charge is 0.227 e. The Morgan fingerprint density at radius 3 is 2.64 bits per heavy atom. The van der Waals surface area contributed by atoms with E-state index >= 15 is 0 Å². The van der Waals surface area contributed by atoms with Gasteiger partial charge in [-0.05, 0) is 19.2 Å². The highest BCUT2D eigenvalue weighted by molar-refractivity contribution is 7.89. The first-order chi connectivity index (χ1) is 10.4. The van der Waals surface area contributed by atoms with E-state index in [4.69, 9.17) is 0 Å². The lowest BCUT2D eigenvalue weighted by molar-refractivity contribution is -0.126. The molecule has 1 fully saturated rings. The second kappa shape index (κ2) is 6.89. The van der Waals surface area contributed by atoms with Gasteiger partial charge in [-0.3, -0.25) is 9.59 Å². The monoisotopic (exact) mass is 325 g/mol. The van der Waals surface area contributed by atoms with Crippen LogP contribution < -0.4 is 14.9 Å². The molecule has 1 aliphatic heterocycles. The molecule has 1 atom stereocenters. The fourth-order valence-corrected chi connectivity index (χ4v) is 2.87. The molecule has 0 aliphatic carbocycles. The standard InChI is InChI=1S/C14H19N3O4S/c1-15-22(20,21)8-7-16-14(19)11-9-13(18)17(10-11)12-5-3-2-4-6-12/h2-6,11,15H,7-10H2,1H3,(H,16,19). The van der Waals surface area contributed by atoms with Crippen molar-refractivity contribution in [1.29, 1.82) is 0 Å². The number of nitrogens with one attached hydrogen (secondary N) is 2. The average molecular weight is 325 g/mol. The van der Waals surface area contributed by atoms with Crippen LogP contribution in [0.3, 0.4) is 0 Å². The predicted octanol–water partition coefficient (Wildman–Crippen LogP) is -0.295. The summed E-state index contributed by atoms with van der Waals surface area (Å²) < 4.78 is 24.7. The van der Waals surface area contributed by atoms with Crippen LogP contribution >= 0.6 is 0 Å². The van der Waals surface area contributed by atoms with Crippen LogP contribution in [0.1, 0.15) is 6.42 Å². The summed E-state index contributed by atoms with van der Waals surface area (Å²) in [5, 5.41) is 2.57. The average Bonchev–Trinajstić information content (AvgIpc) is 2.90. The van der Waals surface area contributed by atoms with E-state index in [9.17, 15) is 18.0 Å². The number of hydrogen-bond acceptors (Lipinski definition) is 4. The third-order valence-electron chi connectivity index (χ3n) is 3.54. The zero-order valence-corrected chi connectivity index (χ0v) is 13.1. The molecule has 7 nitrogen and oxygen atoms in total. The van der Waals surface area contributed by atoms with Crippen LogP contribution in [0, 0.1) is 5.92 Å². The maximum absolute atomic E-state index is 12.0. The largest absolute Gasteiger partial charge is 0.355 e. The summed E-state index contributed by atoms with van der Waals surface area (Å²) in [6.07, 6.45) is 0.138. The van der Waals surface area contributed by atoms with Gasteiger partial charge < -0.3 is 10.2 Å². The Morgan fingerprint density at radius 2 is 2.00 bits per heavy atom. The summed E-state index contributed by atoms with van der Waals surface area (Å²) in [5.74, 6) is -1.03. The van der Waals surface area contributed by atoms with Crippen LogP contribution in [0.2, 0.25) is 0 Å². The first-order valence-electron chi connectivity index (χ1n) is 6.97. The summed E-state index contributed by atoms with van der Waals surface area (Å²) in [7, 11) is -2.02. The van der Waals surface area contributed by atoms with Gasteiger partial charge in [0, 0.05) is 25.2 Å². The van der Waals surface area contributed by atoms with Gasteiger partial charge in [-0.2, -0.15) is 0 Å². The van der Waals surface area contributed by atoms with Gasteiger partial charge in [-0.25, -0.2) is 13.1 Å². The number of sulfonamides is 1. The summed E-state index contributed by atoms with van der Waals surface area (Å²) in [6, 6.07) is 9.16. The van der Waals surface area contributed by atoms with E-state index in [0.29, 0.717) is 6.54 Å². The van der Waals surface area contributed by atoms with E-state index in [1.807, 2.05) is 30.3 Å². The Labute approximate surface area is 129 Å². The molecule has 1 heterocycles. The summed E-state index contributed by atoms with van der Waals surface area (Å²) in [5.41, 5.74) is 0.764. The number of rotatable bonds is 6. The first kappa shape index (κ1) is 16.4. The summed E-state index contributed by atoms with van der Waals surface area (Å²) in [6.45, 7) is 0.339. The number of benzene rings is 1. The van der Waals surface area contributed by atoms with Gasteiger partial charge in [0.2, 0.25) is 21.8 Å². The number of carbonyl (C=O) groups is 2. The Kier molecular flexibility index (Phi) is 5.15. The minimum absolute atomic E-state index is 0.0258. The molecular weight excluding hydrogens is 306 g/mol. The summed E-state index contributed by atoms with van der Waals surface area (Å²) in [4.78, 5) is 25.6. The third kappa shape index (κ3) is 4.05. The second-order valence-electron chi connectivity index (χ2n) is 5.05. The molecule has 120 valence electrons. The van der Waals surface area contributed by atoms with Crippen molar-refractivity contribution in [2.24, 2.45) is 5.92 Å². The van der Waals surface area contributed by atoms with Crippen molar-refractivity contribution < 1.29 is 18.0 Å². The predicted molar refractivity (Wildman–Crippen MR) is 82.8 cm³/mol. The minimum atomic E-state index is -3.35. The normalized spacial score (nSPS) is 18.5. The van der Waals surface area contributed by atoms with Crippen LogP contribution in [-0.4, -0.2) is 46.1 Å². The van der Waals surface area contributed by atoms with E-state index in [0.717, 1.165) is 5.69 Å². The van der Waals surface area contributed by atoms with Crippen molar-refractivity contribution in [2.75, 3.05) is 30.8 Å². The zero-order valence-electron chi connectivity index (χ0n) is 12.3. The molecule has 0 bridgehead atoms. The second-order valence-corrected chi connectivity index (χ2v) is 7.10. The molecule has 0 saturated carbocycles. The van der Waals surface area contributed by atoms with Crippen molar-refractivity contribution in [3.63, 3.8) is 0 Å². The van der Waals surface area contributed by atoms with Gasteiger partial charge >= 0.3 is 0 Å². The SMILES string of the molecule is CNS(=O)(=O)CCNC(=O)C1CC(=O)N(c2ccccc2)C1. The first-order valence-corrected chi connectivity index (χ1v) is 8.62. The van der Waals surface area contributed by atoms with Gasteiger partial charge in [0.1, 0.15) is 0 Å².